The summed E-state index contributed by atoms with van der Waals surface area (Å²) in [5, 5.41) is 2.70. The van der Waals surface area contributed by atoms with Gasteiger partial charge in [0, 0.05) is 17.1 Å². The zero-order valence-electron chi connectivity index (χ0n) is 12.9. The molecule has 1 N–H and O–H groups in total. The molecule has 3 aromatic rings. The molecule has 2 heterocycles. The Morgan fingerprint density at radius 1 is 1.00 bits per heavy atom. The van der Waals surface area contributed by atoms with Gasteiger partial charge in [-0.1, -0.05) is 30.3 Å². The van der Waals surface area contributed by atoms with E-state index >= 15 is 0 Å². The number of hydrogen-bond acceptors (Lipinski definition) is 4. The molecule has 0 bridgehead atoms. The quantitative estimate of drug-likeness (QED) is 0.718. The molecular weight excluding hydrogens is 336 g/mol. The van der Waals surface area contributed by atoms with Crippen molar-refractivity contribution in [2.45, 2.75) is 0 Å². The highest BCUT2D eigenvalue weighted by atomic mass is 32.2. The first-order valence-corrected chi connectivity index (χ1v) is 8.40. The van der Waals surface area contributed by atoms with Gasteiger partial charge in [-0.2, -0.15) is 0 Å². The molecular formula is C19H12N2O3S. The topological polar surface area (TPSA) is 68.2 Å². The maximum absolute atomic E-state index is 12.7. The first-order valence-electron chi connectivity index (χ1n) is 7.58. The highest BCUT2D eigenvalue weighted by Crippen LogP contribution is 2.29. The Kier molecular flexibility index (Phi) is 3.74. The van der Waals surface area contributed by atoms with Crippen LogP contribution in [0.2, 0.25) is 0 Å². The SMILES string of the molecule is O=C1NC(=O)C(=Cc2cccc3c2ccn3C(=O)c2ccccc2)S1. The van der Waals surface area contributed by atoms with Gasteiger partial charge in [-0.15, -0.1) is 0 Å². The van der Waals surface area contributed by atoms with Crippen molar-refractivity contribution in [2.24, 2.45) is 0 Å². The van der Waals surface area contributed by atoms with Crippen molar-refractivity contribution >= 4 is 45.8 Å². The first-order chi connectivity index (χ1) is 12.1. The van der Waals surface area contributed by atoms with E-state index in [-0.39, 0.29) is 11.1 Å². The highest BCUT2D eigenvalue weighted by Gasteiger charge is 2.25. The minimum atomic E-state index is -0.396. The Bertz CT molecular complexity index is 1050. The van der Waals surface area contributed by atoms with Gasteiger partial charge in [0.05, 0.1) is 10.4 Å². The van der Waals surface area contributed by atoms with Crippen LogP contribution in [0.15, 0.2) is 65.7 Å². The lowest BCUT2D eigenvalue weighted by atomic mass is 10.1. The van der Waals surface area contributed by atoms with Gasteiger partial charge in [0.25, 0.3) is 17.1 Å². The van der Waals surface area contributed by atoms with Gasteiger partial charge >= 0.3 is 0 Å². The van der Waals surface area contributed by atoms with E-state index in [1.165, 1.54) is 0 Å². The summed E-state index contributed by atoms with van der Waals surface area (Å²) in [5.74, 6) is -0.518. The molecule has 0 aliphatic carbocycles. The van der Waals surface area contributed by atoms with E-state index < -0.39 is 5.91 Å². The molecule has 2 aromatic carbocycles. The van der Waals surface area contributed by atoms with Crippen LogP contribution in [0.3, 0.4) is 0 Å². The zero-order valence-corrected chi connectivity index (χ0v) is 13.7. The van der Waals surface area contributed by atoms with E-state index in [4.69, 9.17) is 0 Å². The molecule has 1 aliphatic heterocycles. The molecule has 6 heteroatoms. The van der Waals surface area contributed by atoms with Crippen molar-refractivity contribution in [1.82, 2.24) is 9.88 Å². The van der Waals surface area contributed by atoms with Crippen LogP contribution in [-0.2, 0) is 4.79 Å². The van der Waals surface area contributed by atoms with Gasteiger partial charge in [-0.3, -0.25) is 24.3 Å². The summed E-state index contributed by atoms with van der Waals surface area (Å²) in [6.07, 6.45) is 3.39. The molecule has 5 nitrogen and oxygen atoms in total. The minimum absolute atomic E-state index is 0.122. The van der Waals surface area contributed by atoms with Crippen molar-refractivity contribution in [1.29, 1.82) is 0 Å². The van der Waals surface area contributed by atoms with Crippen LogP contribution in [-0.4, -0.2) is 21.6 Å². The number of thioether (sulfide) groups is 1. The molecule has 0 saturated carbocycles. The smallest absolute Gasteiger partial charge is 0.283 e. The average molecular weight is 348 g/mol. The van der Waals surface area contributed by atoms with Crippen LogP contribution in [0.4, 0.5) is 4.79 Å². The lowest BCUT2D eigenvalue weighted by molar-refractivity contribution is -0.115. The van der Waals surface area contributed by atoms with E-state index in [9.17, 15) is 14.4 Å². The van der Waals surface area contributed by atoms with E-state index in [1.54, 1.807) is 29.0 Å². The second kappa shape index (κ2) is 6.07. The fourth-order valence-electron chi connectivity index (χ4n) is 2.78. The van der Waals surface area contributed by atoms with E-state index in [0.29, 0.717) is 10.5 Å². The molecule has 1 aromatic heterocycles. The number of carbonyl (C=O) groups excluding carboxylic acids is 3. The maximum Gasteiger partial charge on any atom is 0.290 e. The molecule has 0 radical (unpaired) electrons. The molecule has 25 heavy (non-hydrogen) atoms. The normalized spacial score (nSPS) is 15.8. The number of aromatic nitrogens is 1. The number of nitrogens with one attached hydrogen (secondary N) is 1. The van der Waals surface area contributed by atoms with Crippen molar-refractivity contribution in [2.75, 3.05) is 0 Å². The van der Waals surface area contributed by atoms with Crippen LogP contribution in [0.25, 0.3) is 17.0 Å². The summed E-state index contributed by atoms with van der Waals surface area (Å²) in [6, 6.07) is 16.4. The summed E-state index contributed by atoms with van der Waals surface area (Å²) in [6.45, 7) is 0. The van der Waals surface area contributed by atoms with Crippen LogP contribution < -0.4 is 5.32 Å². The van der Waals surface area contributed by atoms with Crippen molar-refractivity contribution < 1.29 is 14.4 Å². The Hall–Kier alpha value is -3.12. The Balaban J connectivity index is 1.79. The summed E-state index contributed by atoms with van der Waals surface area (Å²) in [5.41, 5.74) is 2.13. The van der Waals surface area contributed by atoms with Crippen LogP contribution in [0, 0.1) is 0 Å². The predicted molar refractivity (Wildman–Crippen MR) is 97.2 cm³/mol. The number of imide groups is 1. The lowest BCUT2D eigenvalue weighted by Crippen LogP contribution is -2.17. The van der Waals surface area contributed by atoms with Crippen LogP contribution >= 0.6 is 11.8 Å². The Morgan fingerprint density at radius 3 is 2.52 bits per heavy atom. The number of rotatable bonds is 2. The lowest BCUT2D eigenvalue weighted by Gasteiger charge is -2.05. The fraction of sp³-hybridized carbons (Fsp3) is 0. The number of carbonyl (C=O) groups is 3. The van der Waals surface area contributed by atoms with E-state index in [1.807, 2.05) is 42.5 Å². The van der Waals surface area contributed by atoms with Gasteiger partial charge in [0.1, 0.15) is 0 Å². The molecule has 1 saturated heterocycles. The third kappa shape index (κ3) is 2.77. The first kappa shape index (κ1) is 15.4. The molecule has 0 spiro atoms. The molecule has 0 unspecified atom stereocenters. The molecule has 4 rings (SSSR count). The summed E-state index contributed by atoms with van der Waals surface area (Å²) in [7, 11) is 0. The summed E-state index contributed by atoms with van der Waals surface area (Å²) >= 11 is 0.875. The summed E-state index contributed by atoms with van der Waals surface area (Å²) in [4.78, 5) is 36.1. The van der Waals surface area contributed by atoms with Crippen molar-refractivity contribution in [3.8, 4) is 0 Å². The van der Waals surface area contributed by atoms with Crippen molar-refractivity contribution in [3.63, 3.8) is 0 Å². The summed E-state index contributed by atoms with van der Waals surface area (Å²) < 4.78 is 1.58. The second-order valence-electron chi connectivity index (χ2n) is 5.49. The third-order valence-corrected chi connectivity index (χ3v) is 4.75. The van der Waals surface area contributed by atoms with Gasteiger partial charge in [-0.05, 0) is 47.7 Å². The van der Waals surface area contributed by atoms with E-state index in [0.717, 1.165) is 28.2 Å². The number of hydrogen-bond donors (Lipinski definition) is 1. The second-order valence-corrected chi connectivity index (χ2v) is 6.50. The van der Waals surface area contributed by atoms with Gasteiger partial charge in [0.15, 0.2) is 0 Å². The van der Waals surface area contributed by atoms with Gasteiger partial charge < -0.3 is 0 Å². The zero-order chi connectivity index (χ0) is 17.4. The molecule has 0 atom stereocenters. The van der Waals surface area contributed by atoms with E-state index in [2.05, 4.69) is 5.32 Å². The minimum Gasteiger partial charge on any atom is -0.283 e. The Labute approximate surface area is 147 Å². The fourth-order valence-corrected chi connectivity index (χ4v) is 3.45. The monoisotopic (exact) mass is 348 g/mol. The maximum atomic E-state index is 12.7. The Morgan fingerprint density at radius 2 is 1.80 bits per heavy atom. The number of fused-ring (bicyclic) bond motifs is 1. The highest BCUT2D eigenvalue weighted by molar-refractivity contribution is 8.18. The largest absolute Gasteiger partial charge is 0.290 e. The molecule has 122 valence electrons. The number of benzene rings is 2. The number of nitrogens with zero attached hydrogens (tertiary/aromatic N) is 1. The molecule has 2 amide bonds. The van der Waals surface area contributed by atoms with Crippen LogP contribution in [0.5, 0.6) is 0 Å². The standard InChI is InChI=1S/C19H12N2O3S/c22-17-16(25-19(24)20-17)11-13-7-4-8-15-14(13)9-10-21(15)18(23)12-5-2-1-3-6-12/h1-11H,(H,20,22,24). The van der Waals surface area contributed by atoms with Gasteiger partial charge in [-0.25, -0.2) is 0 Å². The number of amides is 2. The van der Waals surface area contributed by atoms with Crippen LogP contribution in [0.1, 0.15) is 15.9 Å². The van der Waals surface area contributed by atoms with Crippen molar-refractivity contribution in [3.05, 3.63) is 76.8 Å². The third-order valence-electron chi connectivity index (χ3n) is 3.93. The molecule has 1 aliphatic rings. The molecule has 1 fully saturated rings. The van der Waals surface area contributed by atoms with Gasteiger partial charge in [0.2, 0.25) is 0 Å². The average Bonchev–Trinajstić information content (AvgIpc) is 3.19. The predicted octanol–water partition coefficient (Wildman–Crippen LogP) is 3.65.